The van der Waals surface area contributed by atoms with Crippen molar-refractivity contribution in [2.75, 3.05) is 25.9 Å². The highest BCUT2D eigenvalue weighted by molar-refractivity contribution is 6.01. The number of carbonyl (C=O) groups is 1. The number of ketones is 1. The molecule has 158 valence electrons. The fraction of sp³-hybridized carbons (Fsp3) is 0.458. The largest absolute Gasteiger partial charge is 0.497 e. The average Bonchev–Trinajstić information content (AvgIpc) is 2.78. The van der Waals surface area contributed by atoms with Gasteiger partial charge in [-0.3, -0.25) is 4.79 Å². The lowest BCUT2D eigenvalue weighted by molar-refractivity contribution is 0.0123. The van der Waals surface area contributed by atoms with Crippen LogP contribution in [-0.4, -0.2) is 32.3 Å². The van der Waals surface area contributed by atoms with Gasteiger partial charge in [-0.15, -0.1) is 0 Å². The van der Waals surface area contributed by atoms with Crippen molar-refractivity contribution in [2.24, 2.45) is 0 Å². The Kier molecular flexibility index (Phi) is 4.72. The first-order valence-electron chi connectivity index (χ1n) is 10.6. The molecule has 1 aliphatic carbocycles. The third-order valence-corrected chi connectivity index (χ3v) is 6.54. The fourth-order valence-corrected chi connectivity index (χ4v) is 4.93. The van der Waals surface area contributed by atoms with E-state index in [1.807, 2.05) is 30.3 Å². The van der Waals surface area contributed by atoms with E-state index in [4.69, 9.17) is 18.9 Å². The summed E-state index contributed by atoms with van der Waals surface area (Å²) in [5, 5.41) is 0. The van der Waals surface area contributed by atoms with E-state index in [2.05, 4.69) is 4.90 Å². The van der Waals surface area contributed by atoms with E-state index in [0.29, 0.717) is 36.8 Å². The number of hydrogen-bond donors (Lipinski definition) is 0. The van der Waals surface area contributed by atoms with Crippen molar-refractivity contribution in [3.63, 3.8) is 0 Å². The van der Waals surface area contributed by atoms with E-state index < -0.39 is 0 Å². The molecule has 2 aliphatic heterocycles. The lowest BCUT2D eigenvalue weighted by Crippen LogP contribution is -2.44. The van der Waals surface area contributed by atoms with E-state index in [0.717, 1.165) is 48.4 Å². The van der Waals surface area contributed by atoms with Gasteiger partial charge in [0.05, 0.1) is 44.0 Å². The molecule has 0 aromatic heterocycles. The Morgan fingerprint density at radius 2 is 1.87 bits per heavy atom. The molecule has 1 spiro atoms. The van der Waals surface area contributed by atoms with Crippen molar-refractivity contribution in [3.05, 3.63) is 41.5 Å². The number of ether oxygens (including phenoxy) is 4. The van der Waals surface area contributed by atoms with Gasteiger partial charge in [0.2, 0.25) is 0 Å². The summed E-state index contributed by atoms with van der Waals surface area (Å²) in [5.41, 5.74) is 2.18. The molecule has 0 N–H and O–H groups in total. The topological polar surface area (TPSA) is 57.2 Å². The number of benzene rings is 2. The number of hydrogen-bond acceptors (Lipinski definition) is 6. The van der Waals surface area contributed by atoms with Crippen LogP contribution in [-0.2, 0) is 6.54 Å². The summed E-state index contributed by atoms with van der Waals surface area (Å²) in [6, 6.07) is 9.50. The second-order valence-corrected chi connectivity index (χ2v) is 8.37. The lowest BCUT2D eigenvalue weighted by Gasteiger charge is -2.42. The molecule has 0 radical (unpaired) electrons. The molecular weight excluding hydrogens is 382 g/mol. The maximum atomic E-state index is 13.0. The maximum absolute atomic E-state index is 13.0. The van der Waals surface area contributed by atoms with Crippen LogP contribution in [0.4, 0.5) is 5.69 Å². The number of carbonyl (C=O) groups excluding carboxylic acids is 1. The highest BCUT2D eigenvalue weighted by Gasteiger charge is 2.43. The predicted molar refractivity (Wildman–Crippen MR) is 113 cm³/mol. The normalized spacial score (nSPS) is 19.4. The number of rotatable bonds is 3. The van der Waals surface area contributed by atoms with Crippen molar-refractivity contribution >= 4 is 11.5 Å². The van der Waals surface area contributed by atoms with Gasteiger partial charge >= 0.3 is 0 Å². The van der Waals surface area contributed by atoms with E-state index in [1.54, 1.807) is 14.2 Å². The summed E-state index contributed by atoms with van der Waals surface area (Å²) in [5.74, 6) is 3.13. The Labute approximate surface area is 176 Å². The number of fused-ring (bicyclic) bond motifs is 3. The van der Waals surface area contributed by atoms with E-state index >= 15 is 0 Å². The molecule has 2 aromatic carbocycles. The molecular formula is C24H27NO5. The molecule has 1 saturated carbocycles. The Hall–Kier alpha value is -2.89. The lowest BCUT2D eigenvalue weighted by atomic mass is 9.78. The molecule has 0 bridgehead atoms. The number of Topliss-reactive ketones (excluding diaryl/α,β-unsaturated/α-hetero) is 1. The van der Waals surface area contributed by atoms with Crippen molar-refractivity contribution in [1.29, 1.82) is 0 Å². The third-order valence-electron chi connectivity index (χ3n) is 6.54. The molecule has 0 unspecified atom stereocenters. The molecule has 0 amide bonds. The number of methoxy groups -OCH3 is 2. The van der Waals surface area contributed by atoms with Crippen molar-refractivity contribution in [2.45, 2.75) is 50.7 Å². The summed E-state index contributed by atoms with van der Waals surface area (Å²) in [7, 11) is 3.28. The van der Waals surface area contributed by atoms with Crippen LogP contribution in [0.3, 0.4) is 0 Å². The molecule has 3 aliphatic rings. The van der Waals surface area contributed by atoms with Gasteiger partial charge in [0.15, 0.2) is 12.5 Å². The molecule has 5 rings (SSSR count). The highest BCUT2D eigenvalue weighted by Crippen LogP contribution is 2.47. The standard InChI is InChI=1S/C24H27NO5/c1-27-16-6-8-19(22(12-16)28-2)25-14-18-21(29-15-25)9-7-17-20(26)13-24(30-23(17)18)10-4-3-5-11-24/h6-9,12H,3-5,10-11,13-15H2,1-2H3. The Bertz CT molecular complexity index is 980. The minimum absolute atomic E-state index is 0.181. The maximum Gasteiger partial charge on any atom is 0.170 e. The monoisotopic (exact) mass is 409 g/mol. The zero-order valence-electron chi connectivity index (χ0n) is 17.5. The first kappa shape index (κ1) is 19.1. The van der Waals surface area contributed by atoms with Crippen molar-refractivity contribution < 1.29 is 23.7 Å². The van der Waals surface area contributed by atoms with Crippen molar-refractivity contribution in [1.82, 2.24) is 0 Å². The Balaban J connectivity index is 1.52. The van der Waals surface area contributed by atoms with Gasteiger partial charge in [0, 0.05) is 6.07 Å². The van der Waals surface area contributed by atoms with E-state index in [-0.39, 0.29) is 11.4 Å². The van der Waals surface area contributed by atoms with Gasteiger partial charge in [0.1, 0.15) is 28.6 Å². The van der Waals surface area contributed by atoms with Gasteiger partial charge < -0.3 is 23.8 Å². The summed E-state index contributed by atoms with van der Waals surface area (Å²) < 4.78 is 23.6. The minimum Gasteiger partial charge on any atom is -0.497 e. The summed E-state index contributed by atoms with van der Waals surface area (Å²) >= 11 is 0. The van der Waals surface area contributed by atoms with Gasteiger partial charge in [-0.25, -0.2) is 0 Å². The van der Waals surface area contributed by atoms with Crippen LogP contribution < -0.4 is 23.8 Å². The zero-order chi connectivity index (χ0) is 20.7. The van der Waals surface area contributed by atoms with Gasteiger partial charge in [0.25, 0.3) is 0 Å². The zero-order valence-corrected chi connectivity index (χ0v) is 17.5. The van der Waals surface area contributed by atoms with Crippen LogP contribution in [0.2, 0.25) is 0 Å². The molecule has 6 heteroatoms. The number of anilines is 1. The summed E-state index contributed by atoms with van der Waals surface area (Å²) in [6.07, 6.45) is 5.81. The van der Waals surface area contributed by atoms with Crippen LogP contribution in [0.1, 0.15) is 54.4 Å². The summed E-state index contributed by atoms with van der Waals surface area (Å²) in [6.45, 7) is 0.984. The van der Waals surface area contributed by atoms with Gasteiger partial charge in [-0.05, 0) is 49.9 Å². The molecule has 2 heterocycles. The molecule has 0 saturated heterocycles. The molecule has 1 fully saturated rings. The quantitative estimate of drug-likeness (QED) is 0.731. The first-order chi connectivity index (χ1) is 14.6. The second kappa shape index (κ2) is 7.42. The Morgan fingerprint density at radius 3 is 2.63 bits per heavy atom. The fourth-order valence-electron chi connectivity index (χ4n) is 4.93. The van der Waals surface area contributed by atoms with Crippen LogP contribution in [0.25, 0.3) is 0 Å². The van der Waals surface area contributed by atoms with Crippen LogP contribution >= 0.6 is 0 Å². The molecule has 30 heavy (non-hydrogen) atoms. The van der Waals surface area contributed by atoms with E-state index in [1.165, 1.54) is 6.42 Å². The average molecular weight is 409 g/mol. The molecule has 2 aromatic rings. The minimum atomic E-state index is -0.350. The predicted octanol–water partition coefficient (Wildman–Crippen LogP) is 4.73. The van der Waals surface area contributed by atoms with Crippen LogP contribution in [0.5, 0.6) is 23.0 Å². The van der Waals surface area contributed by atoms with E-state index in [9.17, 15) is 4.79 Å². The smallest absolute Gasteiger partial charge is 0.170 e. The molecule has 6 nitrogen and oxygen atoms in total. The third kappa shape index (κ3) is 3.15. The number of nitrogens with zero attached hydrogens (tertiary/aromatic N) is 1. The Morgan fingerprint density at radius 1 is 1.03 bits per heavy atom. The second-order valence-electron chi connectivity index (χ2n) is 8.37. The van der Waals surface area contributed by atoms with Gasteiger partial charge in [-0.2, -0.15) is 0 Å². The van der Waals surface area contributed by atoms with Crippen molar-refractivity contribution in [3.8, 4) is 23.0 Å². The SMILES string of the molecule is COc1ccc(N2COc3ccc4c(c3C2)OC2(CCCCC2)CC4=O)c(OC)c1. The highest BCUT2D eigenvalue weighted by atomic mass is 16.5. The van der Waals surface area contributed by atoms with Crippen LogP contribution in [0, 0.1) is 0 Å². The van der Waals surface area contributed by atoms with Crippen LogP contribution in [0.15, 0.2) is 30.3 Å². The summed E-state index contributed by atoms with van der Waals surface area (Å²) in [4.78, 5) is 15.1. The van der Waals surface area contributed by atoms with Gasteiger partial charge in [-0.1, -0.05) is 6.42 Å². The molecule has 0 atom stereocenters. The first-order valence-corrected chi connectivity index (χ1v) is 10.6.